The summed E-state index contributed by atoms with van der Waals surface area (Å²) in [6.07, 6.45) is 1.58. The third kappa shape index (κ3) is 8.60. The minimum atomic E-state index is -4.14. The van der Waals surface area contributed by atoms with E-state index in [-0.39, 0.29) is 29.8 Å². The predicted octanol–water partition coefficient (Wildman–Crippen LogP) is 6.31. The van der Waals surface area contributed by atoms with Crippen LogP contribution in [-0.2, 0) is 39.0 Å². The van der Waals surface area contributed by atoms with Crippen LogP contribution in [0.2, 0.25) is 0 Å². The highest BCUT2D eigenvalue weighted by atomic mass is 32.2. The molecule has 2 atom stereocenters. The van der Waals surface area contributed by atoms with Crippen LogP contribution in [-0.4, -0.2) is 43.8 Å². The van der Waals surface area contributed by atoms with Crippen LogP contribution in [0.4, 0.5) is 5.69 Å². The van der Waals surface area contributed by atoms with Crippen molar-refractivity contribution in [3.05, 3.63) is 131 Å². The highest BCUT2D eigenvalue weighted by Gasteiger charge is 2.35. The average Bonchev–Trinajstić information content (AvgIpc) is 3.06. The topological polar surface area (TPSA) is 86.8 Å². The van der Waals surface area contributed by atoms with Crippen LogP contribution in [0, 0.1) is 6.92 Å². The van der Waals surface area contributed by atoms with Crippen LogP contribution in [0.3, 0.4) is 0 Å². The first kappa shape index (κ1) is 33.5. The molecule has 0 fully saturated rings. The molecule has 236 valence electrons. The van der Waals surface area contributed by atoms with Gasteiger partial charge in [-0.3, -0.25) is 13.9 Å². The Hall–Kier alpha value is -4.43. The second-order valence-corrected chi connectivity index (χ2v) is 13.2. The summed E-state index contributed by atoms with van der Waals surface area (Å²) in [5.74, 6) is -0.749. The summed E-state index contributed by atoms with van der Waals surface area (Å²) in [6, 6.07) is 31.8. The largest absolute Gasteiger partial charge is 0.352 e. The fraction of sp³-hybridized carbons (Fsp3) is 0.297. The third-order valence-electron chi connectivity index (χ3n) is 8.00. The Balaban J connectivity index is 1.82. The Morgan fingerprint density at radius 3 is 2.00 bits per heavy atom. The molecule has 0 saturated carbocycles. The molecule has 4 aromatic carbocycles. The van der Waals surface area contributed by atoms with E-state index in [0.29, 0.717) is 12.1 Å². The number of hydrogen-bond donors (Lipinski definition) is 1. The average molecular weight is 626 g/mol. The lowest BCUT2D eigenvalue weighted by Crippen LogP contribution is -2.54. The van der Waals surface area contributed by atoms with E-state index in [4.69, 9.17) is 0 Å². The molecule has 0 heterocycles. The Morgan fingerprint density at radius 2 is 1.38 bits per heavy atom. The van der Waals surface area contributed by atoms with Crippen molar-refractivity contribution < 1.29 is 18.0 Å². The number of carbonyl (C=O) groups is 2. The first-order valence-corrected chi connectivity index (χ1v) is 16.9. The summed E-state index contributed by atoms with van der Waals surface area (Å²) in [5, 5.41) is 3.07. The van der Waals surface area contributed by atoms with E-state index < -0.39 is 28.5 Å². The van der Waals surface area contributed by atoms with Crippen LogP contribution in [0.1, 0.15) is 49.4 Å². The molecule has 45 heavy (non-hydrogen) atoms. The van der Waals surface area contributed by atoms with Gasteiger partial charge in [0.15, 0.2) is 0 Å². The highest BCUT2D eigenvalue weighted by molar-refractivity contribution is 7.92. The lowest BCUT2D eigenvalue weighted by atomic mass is 10.0. The van der Waals surface area contributed by atoms with Gasteiger partial charge in [-0.25, -0.2) is 8.42 Å². The van der Waals surface area contributed by atoms with Crippen LogP contribution < -0.4 is 9.62 Å². The molecule has 7 nitrogen and oxygen atoms in total. The second kappa shape index (κ2) is 15.5. The quantitative estimate of drug-likeness (QED) is 0.178. The van der Waals surface area contributed by atoms with E-state index in [1.165, 1.54) is 21.3 Å². The smallest absolute Gasteiger partial charge is 0.264 e. The molecule has 2 amide bonds. The number of anilines is 1. The van der Waals surface area contributed by atoms with Crippen LogP contribution in [0.15, 0.2) is 114 Å². The Kier molecular flexibility index (Phi) is 11.5. The molecule has 0 aliphatic heterocycles. The summed E-state index contributed by atoms with van der Waals surface area (Å²) >= 11 is 0. The molecule has 0 saturated heterocycles. The molecule has 0 bridgehead atoms. The zero-order valence-corrected chi connectivity index (χ0v) is 27.3. The van der Waals surface area contributed by atoms with Crippen molar-refractivity contribution in [1.29, 1.82) is 0 Å². The standard InChI is InChI=1S/C37H43N3O4S/c1-5-29(4)38-37(42)35(25-30-15-9-7-10-16-30)39(26-31-23-21-28(3)22-24-31)36(41)27-40(34-20-14-13-17-32(34)6-2)45(43,44)33-18-11-8-12-19-33/h7-24,29,35H,5-6,25-27H2,1-4H3,(H,38,42). The van der Waals surface area contributed by atoms with E-state index >= 15 is 0 Å². The highest BCUT2D eigenvalue weighted by Crippen LogP contribution is 2.28. The van der Waals surface area contributed by atoms with Crippen molar-refractivity contribution >= 4 is 27.5 Å². The molecule has 2 unspecified atom stereocenters. The molecular weight excluding hydrogens is 582 g/mol. The Labute approximate surface area is 268 Å². The number of para-hydroxylation sites is 1. The van der Waals surface area contributed by atoms with E-state index in [1.54, 1.807) is 30.3 Å². The lowest BCUT2D eigenvalue weighted by molar-refractivity contribution is -0.140. The second-order valence-electron chi connectivity index (χ2n) is 11.3. The number of nitrogens with zero attached hydrogens (tertiary/aromatic N) is 2. The Bertz CT molecular complexity index is 1660. The van der Waals surface area contributed by atoms with Crippen LogP contribution in [0.5, 0.6) is 0 Å². The Morgan fingerprint density at radius 1 is 0.778 bits per heavy atom. The maximum Gasteiger partial charge on any atom is 0.264 e. The molecule has 4 aromatic rings. The van der Waals surface area contributed by atoms with Crippen molar-refractivity contribution in [2.75, 3.05) is 10.8 Å². The van der Waals surface area contributed by atoms with Gasteiger partial charge in [-0.1, -0.05) is 110 Å². The zero-order valence-electron chi connectivity index (χ0n) is 26.5. The van der Waals surface area contributed by atoms with Crippen molar-refractivity contribution in [3.63, 3.8) is 0 Å². The third-order valence-corrected chi connectivity index (χ3v) is 9.77. The van der Waals surface area contributed by atoms with Gasteiger partial charge in [0.05, 0.1) is 10.6 Å². The van der Waals surface area contributed by atoms with Gasteiger partial charge in [-0.15, -0.1) is 0 Å². The number of rotatable bonds is 14. The maximum atomic E-state index is 14.6. The fourth-order valence-electron chi connectivity index (χ4n) is 5.17. The van der Waals surface area contributed by atoms with E-state index in [2.05, 4.69) is 5.32 Å². The van der Waals surface area contributed by atoms with Gasteiger partial charge >= 0.3 is 0 Å². The molecule has 0 radical (unpaired) electrons. The molecule has 0 aliphatic carbocycles. The van der Waals surface area contributed by atoms with Gasteiger partial charge in [0.2, 0.25) is 11.8 Å². The van der Waals surface area contributed by atoms with E-state index in [1.807, 2.05) is 94.4 Å². The van der Waals surface area contributed by atoms with Crippen LogP contribution >= 0.6 is 0 Å². The normalized spacial score (nSPS) is 12.6. The maximum absolute atomic E-state index is 14.6. The van der Waals surface area contributed by atoms with Gasteiger partial charge in [-0.05, 0) is 61.6 Å². The van der Waals surface area contributed by atoms with Crippen LogP contribution in [0.25, 0.3) is 0 Å². The summed E-state index contributed by atoms with van der Waals surface area (Å²) in [6.45, 7) is 7.53. The zero-order chi connectivity index (χ0) is 32.4. The first-order valence-electron chi connectivity index (χ1n) is 15.5. The number of benzene rings is 4. The number of aryl methyl sites for hydroxylation is 2. The molecule has 1 N–H and O–H groups in total. The summed E-state index contributed by atoms with van der Waals surface area (Å²) < 4.78 is 29.6. The first-order chi connectivity index (χ1) is 21.6. The minimum Gasteiger partial charge on any atom is -0.352 e. The number of carbonyl (C=O) groups excluding carboxylic acids is 2. The van der Waals surface area contributed by atoms with Crippen molar-refractivity contribution in [1.82, 2.24) is 10.2 Å². The molecule has 4 rings (SSSR count). The van der Waals surface area contributed by atoms with Crippen molar-refractivity contribution in [2.45, 2.75) is 70.5 Å². The lowest BCUT2D eigenvalue weighted by Gasteiger charge is -2.34. The van der Waals surface area contributed by atoms with Gasteiger partial charge in [0.1, 0.15) is 12.6 Å². The molecule has 8 heteroatoms. The summed E-state index contributed by atoms with van der Waals surface area (Å²) in [4.78, 5) is 30.2. The molecular formula is C37H43N3O4S. The monoisotopic (exact) mass is 625 g/mol. The number of sulfonamides is 1. The van der Waals surface area contributed by atoms with Crippen molar-refractivity contribution in [2.24, 2.45) is 0 Å². The SMILES string of the molecule is CCc1ccccc1N(CC(=O)N(Cc1ccc(C)cc1)C(Cc1ccccc1)C(=O)NC(C)CC)S(=O)(=O)c1ccccc1. The number of hydrogen-bond acceptors (Lipinski definition) is 4. The number of nitrogens with one attached hydrogen (secondary N) is 1. The van der Waals surface area contributed by atoms with Gasteiger partial charge in [0.25, 0.3) is 10.0 Å². The predicted molar refractivity (Wildman–Crippen MR) is 180 cm³/mol. The molecule has 0 aliphatic rings. The molecule has 0 spiro atoms. The summed E-state index contributed by atoms with van der Waals surface area (Å²) in [5.41, 5.74) is 4.05. The van der Waals surface area contributed by atoms with Gasteiger partial charge in [0, 0.05) is 19.0 Å². The van der Waals surface area contributed by atoms with E-state index in [0.717, 1.165) is 28.7 Å². The fourth-order valence-corrected chi connectivity index (χ4v) is 6.64. The van der Waals surface area contributed by atoms with Gasteiger partial charge in [-0.2, -0.15) is 0 Å². The van der Waals surface area contributed by atoms with Gasteiger partial charge < -0.3 is 10.2 Å². The summed E-state index contributed by atoms with van der Waals surface area (Å²) in [7, 11) is -4.14. The molecule has 0 aromatic heterocycles. The minimum absolute atomic E-state index is 0.0872. The number of amides is 2. The van der Waals surface area contributed by atoms with E-state index in [9.17, 15) is 18.0 Å². The van der Waals surface area contributed by atoms with Crippen molar-refractivity contribution in [3.8, 4) is 0 Å².